The molecule has 35 heavy (non-hydrogen) atoms. The minimum Gasteiger partial charge on any atom is -0.490 e. The van der Waals surface area contributed by atoms with Gasteiger partial charge in [-0.05, 0) is 61.4 Å². The van der Waals surface area contributed by atoms with Crippen LogP contribution < -0.4 is 24.4 Å². The van der Waals surface area contributed by atoms with Crippen LogP contribution in [-0.4, -0.2) is 38.2 Å². The number of nitrogens with zero attached hydrogens (tertiary/aromatic N) is 1. The van der Waals surface area contributed by atoms with E-state index in [1.165, 1.54) is 0 Å². The topological polar surface area (TPSA) is 77.1 Å². The van der Waals surface area contributed by atoms with Gasteiger partial charge in [-0.1, -0.05) is 30.3 Å². The van der Waals surface area contributed by atoms with Crippen LogP contribution in [0.3, 0.4) is 0 Å². The highest BCUT2D eigenvalue weighted by molar-refractivity contribution is 5.95. The lowest BCUT2D eigenvalue weighted by atomic mass is 10.1. The standard InChI is InChI=1S/C28H30N2O5/c1-2-33-26-19-22(12-15-25(26)35-18-17-34-24-7-4-3-5-8-24)28(32)29-20-21-10-13-23(14-11-21)30-16-6-9-27(30)31/h3-5,7-8,10-15,19H,2,6,9,16-18,20H2,1H3,(H,29,32). The lowest BCUT2D eigenvalue weighted by Crippen LogP contribution is -2.24. The fourth-order valence-corrected chi connectivity index (χ4v) is 3.86. The number of para-hydroxylation sites is 1. The summed E-state index contributed by atoms with van der Waals surface area (Å²) in [6.07, 6.45) is 1.50. The first-order chi connectivity index (χ1) is 17.1. The smallest absolute Gasteiger partial charge is 0.251 e. The fourth-order valence-electron chi connectivity index (χ4n) is 3.86. The second kappa shape index (κ2) is 11.9. The highest BCUT2D eigenvalue weighted by atomic mass is 16.5. The molecule has 7 heteroatoms. The van der Waals surface area contributed by atoms with Crippen LogP contribution in [0.5, 0.6) is 17.2 Å². The number of hydrogen-bond donors (Lipinski definition) is 1. The van der Waals surface area contributed by atoms with Crippen molar-refractivity contribution in [3.05, 3.63) is 83.9 Å². The summed E-state index contributed by atoms with van der Waals surface area (Å²) < 4.78 is 17.2. The zero-order chi connectivity index (χ0) is 24.5. The number of nitrogens with one attached hydrogen (secondary N) is 1. The number of carbonyl (C=O) groups excluding carboxylic acids is 2. The number of benzene rings is 3. The van der Waals surface area contributed by atoms with Crippen LogP contribution in [0.1, 0.15) is 35.7 Å². The van der Waals surface area contributed by atoms with Crippen molar-refractivity contribution in [2.24, 2.45) is 0 Å². The molecule has 1 saturated heterocycles. The van der Waals surface area contributed by atoms with Gasteiger partial charge in [0.1, 0.15) is 19.0 Å². The Hall–Kier alpha value is -4.00. The largest absolute Gasteiger partial charge is 0.490 e. The predicted octanol–water partition coefficient (Wildman–Crippen LogP) is 4.60. The van der Waals surface area contributed by atoms with Gasteiger partial charge in [0.15, 0.2) is 11.5 Å². The van der Waals surface area contributed by atoms with Gasteiger partial charge >= 0.3 is 0 Å². The molecule has 1 aliphatic heterocycles. The van der Waals surface area contributed by atoms with Gasteiger partial charge in [-0.25, -0.2) is 0 Å². The second-order valence-electron chi connectivity index (χ2n) is 8.10. The Bertz CT molecular complexity index is 1130. The Labute approximate surface area is 205 Å². The van der Waals surface area contributed by atoms with Gasteiger partial charge in [0.2, 0.25) is 5.91 Å². The summed E-state index contributed by atoms with van der Waals surface area (Å²) in [6, 6.07) is 22.4. The fraction of sp³-hybridized carbons (Fsp3) is 0.286. The SMILES string of the molecule is CCOc1cc(C(=O)NCc2ccc(N3CCCC3=O)cc2)ccc1OCCOc1ccccc1. The molecule has 3 aromatic carbocycles. The Morgan fingerprint density at radius 3 is 2.40 bits per heavy atom. The monoisotopic (exact) mass is 474 g/mol. The van der Waals surface area contributed by atoms with Gasteiger partial charge in [0.05, 0.1) is 6.61 Å². The molecule has 1 fully saturated rings. The molecular weight excluding hydrogens is 444 g/mol. The van der Waals surface area contributed by atoms with E-state index in [4.69, 9.17) is 14.2 Å². The number of rotatable bonds is 11. The van der Waals surface area contributed by atoms with E-state index in [9.17, 15) is 9.59 Å². The van der Waals surface area contributed by atoms with E-state index >= 15 is 0 Å². The van der Waals surface area contributed by atoms with Crippen LogP contribution in [0.25, 0.3) is 0 Å². The Morgan fingerprint density at radius 2 is 1.69 bits per heavy atom. The highest BCUT2D eigenvalue weighted by Gasteiger charge is 2.21. The molecule has 4 rings (SSSR count). The number of amides is 2. The normalized spacial score (nSPS) is 12.9. The van der Waals surface area contributed by atoms with Crippen LogP contribution in [0.15, 0.2) is 72.8 Å². The number of hydrogen-bond acceptors (Lipinski definition) is 5. The van der Waals surface area contributed by atoms with Gasteiger partial charge < -0.3 is 24.4 Å². The second-order valence-corrected chi connectivity index (χ2v) is 8.10. The van der Waals surface area contributed by atoms with E-state index in [-0.39, 0.29) is 11.8 Å². The predicted molar refractivity (Wildman–Crippen MR) is 134 cm³/mol. The third kappa shape index (κ3) is 6.53. The first-order valence-corrected chi connectivity index (χ1v) is 11.9. The molecule has 0 saturated carbocycles. The van der Waals surface area contributed by atoms with Gasteiger partial charge in [0, 0.05) is 30.8 Å². The first kappa shape index (κ1) is 24.1. The van der Waals surface area contributed by atoms with E-state index in [1.54, 1.807) is 23.1 Å². The molecule has 0 aromatic heterocycles. The zero-order valence-corrected chi connectivity index (χ0v) is 19.9. The number of ether oxygens (including phenoxy) is 3. The quantitative estimate of drug-likeness (QED) is 0.411. The minimum atomic E-state index is -0.205. The molecule has 7 nitrogen and oxygen atoms in total. The number of carbonyl (C=O) groups is 2. The van der Waals surface area contributed by atoms with Crippen LogP contribution in [0.4, 0.5) is 5.69 Å². The molecule has 182 valence electrons. The summed E-state index contributed by atoms with van der Waals surface area (Å²) in [7, 11) is 0. The maximum atomic E-state index is 12.7. The molecule has 3 aromatic rings. The van der Waals surface area contributed by atoms with Crippen LogP contribution in [0, 0.1) is 0 Å². The Balaban J connectivity index is 1.30. The Morgan fingerprint density at radius 1 is 0.914 bits per heavy atom. The zero-order valence-electron chi connectivity index (χ0n) is 19.9. The van der Waals surface area contributed by atoms with Crippen molar-refractivity contribution in [1.29, 1.82) is 0 Å². The molecule has 0 spiro atoms. The van der Waals surface area contributed by atoms with E-state index in [0.717, 1.165) is 30.0 Å². The van der Waals surface area contributed by atoms with Gasteiger partial charge in [-0.2, -0.15) is 0 Å². The summed E-state index contributed by atoms with van der Waals surface area (Å²) >= 11 is 0. The molecule has 0 radical (unpaired) electrons. The molecule has 0 bridgehead atoms. The molecule has 2 amide bonds. The van der Waals surface area contributed by atoms with Crippen molar-refractivity contribution in [3.8, 4) is 17.2 Å². The van der Waals surface area contributed by atoms with E-state index < -0.39 is 0 Å². The third-order valence-electron chi connectivity index (χ3n) is 5.63. The van der Waals surface area contributed by atoms with Crippen molar-refractivity contribution in [2.45, 2.75) is 26.3 Å². The summed E-state index contributed by atoms with van der Waals surface area (Å²) in [5, 5.41) is 2.94. The lowest BCUT2D eigenvalue weighted by molar-refractivity contribution is -0.117. The molecular formula is C28H30N2O5. The van der Waals surface area contributed by atoms with Crippen molar-refractivity contribution >= 4 is 17.5 Å². The van der Waals surface area contributed by atoms with Crippen LogP contribution >= 0.6 is 0 Å². The molecule has 1 N–H and O–H groups in total. The molecule has 0 aliphatic carbocycles. The van der Waals surface area contributed by atoms with Crippen LogP contribution in [0.2, 0.25) is 0 Å². The van der Waals surface area contributed by atoms with Crippen LogP contribution in [-0.2, 0) is 11.3 Å². The summed E-state index contributed by atoms with van der Waals surface area (Å²) in [5.74, 6) is 1.81. The minimum absolute atomic E-state index is 0.160. The summed E-state index contributed by atoms with van der Waals surface area (Å²) in [6.45, 7) is 4.22. The maximum Gasteiger partial charge on any atom is 0.251 e. The van der Waals surface area contributed by atoms with Gasteiger partial charge in [-0.3, -0.25) is 9.59 Å². The molecule has 1 heterocycles. The Kier molecular flexibility index (Phi) is 8.22. The number of anilines is 1. The van der Waals surface area contributed by atoms with Crippen molar-refractivity contribution in [3.63, 3.8) is 0 Å². The van der Waals surface area contributed by atoms with E-state index in [2.05, 4.69) is 5.32 Å². The third-order valence-corrected chi connectivity index (χ3v) is 5.63. The average molecular weight is 475 g/mol. The molecule has 0 atom stereocenters. The molecule has 0 unspecified atom stereocenters. The van der Waals surface area contributed by atoms with Gasteiger partial charge in [-0.15, -0.1) is 0 Å². The average Bonchev–Trinajstić information content (AvgIpc) is 3.32. The van der Waals surface area contributed by atoms with Crippen molar-refractivity contribution in [2.75, 3.05) is 31.3 Å². The highest BCUT2D eigenvalue weighted by Crippen LogP contribution is 2.29. The van der Waals surface area contributed by atoms with E-state index in [0.29, 0.717) is 49.8 Å². The summed E-state index contributed by atoms with van der Waals surface area (Å²) in [4.78, 5) is 26.4. The lowest BCUT2D eigenvalue weighted by Gasteiger charge is -2.16. The molecule has 1 aliphatic rings. The van der Waals surface area contributed by atoms with Crippen molar-refractivity contribution < 1.29 is 23.8 Å². The summed E-state index contributed by atoms with van der Waals surface area (Å²) in [5.41, 5.74) is 2.34. The van der Waals surface area contributed by atoms with Gasteiger partial charge in [0.25, 0.3) is 5.91 Å². The van der Waals surface area contributed by atoms with E-state index in [1.807, 2.05) is 61.5 Å². The first-order valence-electron chi connectivity index (χ1n) is 11.9. The maximum absolute atomic E-state index is 12.7. The van der Waals surface area contributed by atoms with Crippen molar-refractivity contribution in [1.82, 2.24) is 5.32 Å².